The predicted molar refractivity (Wildman–Crippen MR) is 73.2 cm³/mol. The normalized spacial score (nSPS) is 17.8. The second-order valence-electron chi connectivity index (χ2n) is 6.20. The maximum atomic E-state index is 5.75. The summed E-state index contributed by atoms with van der Waals surface area (Å²) >= 11 is 0. The van der Waals surface area contributed by atoms with Crippen LogP contribution in [0.25, 0.3) is 0 Å². The fourth-order valence-electron chi connectivity index (χ4n) is 2.18. The highest BCUT2D eigenvalue weighted by Gasteiger charge is 2.21. The summed E-state index contributed by atoms with van der Waals surface area (Å²) in [6.07, 6.45) is 3.85. The molecule has 0 saturated carbocycles. The lowest BCUT2D eigenvalue weighted by Gasteiger charge is -2.20. The van der Waals surface area contributed by atoms with Gasteiger partial charge >= 0.3 is 0 Å². The van der Waals surface area contributed by atoms with Crippen molar-refractivity contribution >= 4 is 0 Å². The Morgan fingerprint density at radius 2 is 1.95 bits per heavy atom. The fraction of sp³-hybridized carbons (Fsp3) is 0.857. The second-order valence-corrected chi connectivity index (χ2v) is 6.20. The molecule has 1 aliphatic heterocycles. The van der Waals surface area contributed by atoms with Crippen LogP contribution in [0.1, 0.15) is 57.7 Å². The Balaban J connectivity index is 1.74. The van der Waals surface area contributed by atoms with Crippen molar-refractivity contribution in [2.75, 3.05) is 19.8 Å². The smallest absolute Gasteiger partial charge is 0.219 e. The number of rotatable bonds is 5. The lowest BCUT2D eigenvalue weighted by molar-refractivity contribution is 0.0791. The molecule has 5 nitrogen and oxygen atoms in total. The van der Waals surface area contributed by atoms with Gasteiger partial charge < -0.3 is 14.5 Å². The molecular weight excluding hydrogens is 242 g/mol. The van der Waals surface area contributed by atoms with Crippen LogP contribution in [0, 0.1) is 0 Å². The zero-order chi connectivity index (χ0) is 13.7. The van der Waals surface area contributed by atoms with Crippen molar-refractivity contribution in [2.24, 2.45) is 0 Å². The van der Waals surface area contributed by atoms with E-state index in [1.54, 1.807) is 0 Å². The molecule has 0 aliphatic carbocycles. The summed E-state index contributed by atoms with van der Waals surface area (Å²) in [4.78, 5) is 0. The van der Waals surface area contributed by atoms with Crippen molar-refractivity contribution < 1.29 is 9.15 Å². The van der Waals surface area contributed by atoms with Crippen molar-refractivity contribution in [3.8, 4) is 0 Å². The summed E-state index contributed by atoms with van der Waals surface area (Å²) in [5.74, 6) is 1.95. The Morgan fingerprint density at radius 1 is 1.21 bits per heavy atom. The zero-order valence-electron chi connectivity index (χ0n) is 12.2. The minimum Gasteiger partial charge on any atom is -0.425 e. The molecule has 19 heavy (non-hydrogen) atoms. The van der Waals surface area contributed by atoms with Crippen LogP contribution in [0.15, 0.2) is 4.42 Å². The van der Waals surface area contributed by atoms with Gasteiger partial charge in [0.1, 0.15) is 0 Å². The van der Waals surface area contributed by atoms with E-state index in [1.165, 1.54) is 0 Å². The van der Waals surface area contributed by atoms with Crippen LogP contribution in [0.4, 0.5) is 0 Å². The van der Waals surface area contributed by atoms with Gasteiger partial charge in [0.2, 0.25) is 11.8 Å². The van der Waals surface area contributed by atoms with E-state index in [0.29, 0.717) is 5.92 Å². The van der Waals surface area contributed by atoms with E-state index in [-0.39, 0.29) is 5.54 Å². The number of hydrogen-bond donors (Lipinski definition) is 1. The molecule has 5 heteroatoms. The number of ether oxygens (including phenoxy) is 1. The first-order valence-corrected chi connectivity index (χ1v) is 7.20. The Labute approximate surface area is 115 Å². The lowest BCUT2D eigenvalue weighted by Crippen LogP contribution is -2.36. The summed E-state index contributed by atoms with van der Waals surface area (Å²) < 4.78 is 11.1. The molecule has 108 valence electrons. The second kappa shape index (κ2) is 6.48. The summed E-state index contributed by atoms with van der Waals surface area (Å²) in [5.41, 5.74) is 0.169. The Kier molecular flexibility index (Phi) is 4.93. The van der Waals surface area contributed by atoms with Gasteiger partial charge in [0, 0.05) is 31.1 Å². The molecule has 0 aromatic carbocycles. The van der Waals surface area contributed by atoms with E-state index in [4.69, 9.17) is 9.15 Å². The molecule has 1 aromatic heterocycles. The van der Waals surface area contributed by atoms with E-state index in [2.05, 4.69) is 36.3 Å². The molecule has 2 heterocycles. The molecule has 2 rings (SSSR count). The summed E-state index contributed by atoms with van der Waals surface area (Å²) in [6.45, 7) is 9.09. The molecule has 1 aliphatic rings. The topological polar surface area (TPSA) is 60.2 Å². The van der Waals surface area contributed by atoms with Crippen LogP contribution in [-0.2, 0) is 11.2 Å². The summed E-state index contributed by atoms with van der Waals surface area (Å²) in [5, 5.41) is 11.8. The third kappa shape index (κ3) is 4.91. The van der Waals surface area contributed by atoms with Crippen molar-refractivity contribution in [3.05, 3.63) is 11.8 Å². The van der Waals surface area contributed by atoms with Gasteiger partial charge in [-0.05, 0) is 46.6 Å². The summed E-state index contributed by atoms with van der Waals surface area (Å²) in [7, 11) is 0. The van der Waals surface area contributed by atoms with Gasteiger partial charge in [-0.3, -0.25) is 0 Å². The number of hydrogen-bond acceptors (Lipinski definition) is 5. The van der Waals surface area contributed by atoms with Crippen molar-refractivity contribution in [3.63, 3.8) is 0 Å². The molecule has 1 saturated heterocycles. The molecule has 0 bridgehead atoms. The molecule has 1 N–H and O–H groups in total. The summed E-state index contributed by atoms with van der Waals surface area (Å²) in [6, 6.07) is 0. The molecule has 0 amide bonds. The largest absolute Gasteiger partial charge is 0.425 e. The molecule has 0 unspecified atom stereocenters. The van der Waals surface area contributed by atoms with Gasteiger partial charge in [0.25, 0.3) is 0 Å². The van der Waals surface area contributed by atoms with Crippen LogP contribution < -0.4 is 5.32 Å². The highest BCUT2D eigenvalue weighted by Crippen LogP contribution is 2.25. The van der Waals surface area contributed by atoms with Crippen molar-refractivity contribution in [2.45, 2.75) is 57.9 Å². The number of nitrogens with zero attached hydrogens (tertiary/aromatic N) is 2. The predicted octanol–water partition coefficient (Wildman–Crippen LogP) is 2.28. The zero-order valence-corrected chi connectivity index (χ0v) is 12.2. The van der Waals surface area contributed by atoms with E-state index >= 15 is 0 Å². The van der Waals surface area contributed by atoms with E-state index in [1.807, 2.05) is 0 Å². The van der Waals surface area contributed by atoms with E-state index in [0.717, 1.165) is 57.2 Å². The Morgan fingerprint density at radius 3 is 2.63 bits per heavy atom. The Bertz CT molecular complexity index is 378. The highest BCUT2D eigenvalue weighted by molar-refractivity contribution is 4.93. The quantitative estimate of drug-likeness (QED) is 0.829. The first-order chi connectivity index (χ1) is 9.04. The molecule has 0 atom stereocenters. The minimum absolute atomic E-state index is 0.169. The molecule has 0 spiro atoms. The lowest BCUT2D eigenvalue weighted by atomic mass is 10.0. The third-order valence-corrected chi connectivity index (χ3v) is 3.28. The third-order valence-electron chi connectivity index (χ3n) is 3.28. The van der Waals surface area contributed by atoms with Crippen LogP contribution in [-0.4, -0.2) is 35.5 Å². The van der Waals surface area contributed by atoms with Crippen LogP contribution in [0.2, 0.25) is 0 Å². The fourth-order valence-corrected chi connectivity index (χ4v) is 2.18. The van der Waals surface area contributed by atoms with Gasteiger partial charge in [-0.2, -0.15) is 0 Å². The maximum absolute atomic E-state index is 5.75. The van der Waals surface area contributed by atoms with E-state index < -0.39 is 0 Å². The van der Waals surface area contributed by atoms with Gasteiger partial charge in [0.15, 0.2) is 0 Å². The number of nitrogens with one attached hydrogen (secondary N) is 1. The highest BCUT2D eigenvalue weighted by atomic mass is 16.5. The van der Waals surface area contributed by atoms with Crippen LogP contribution in [0.3, 0.4) is 0 Å². The maximum Gasteiger partial charge on any atom is 0.219 e. The first kappa shape index (κ1) is 14.5. The number of aryl methyl sites for hydroxylation is 1. The standard InChI is InChI=1S/C14H25N3O2/c1-14(2,3)15-8-4-5-12-16-17-13(19-12)11-6-9-18-10-7-11/h11,15H,4-10H2,1-3H3. The molecule has 1 aromatic rings. The first-order valence-electron chi connectivity index (χ1n) is 7.20. The van der Waals surface area contributed by atoms with Gasteiger partial charge in [-0.15, -0.1) is 10.2 Å². The van der Waals surface area contributed by atoms with Crippen molar-refractivity contribution in [1.82, 2.24) is 15.5 Å². The molecule has 1 fully saturated rings. The van der Waals surface area contributed by atoms with Crippen molar-refractivity contribution in [1.29, 1.82) is 0 Å². The van der Waals surface area contributed by atoms with Gasteiger partial charge in [-0.1, -0.05) is 0 Å². The number of aromatic nitrogens is 2. The molecule has 0 radical (unpaired) electrons. The van der Waals surface area contributed by atoms with Gasteiger partial charge in [0.05, 0.1) is 0 Å². The van der Waals surface area contributed by atoms with Crippen LogP contribution >= 0.6 is 0 Å². The molecular formula is C14H25N3O2. The monoisotopic (exact) mass is 267 g/mol. The SMILES string of the molecule is CC(C)(C)NCCCc1nnc(C2CCOCC2)o1. The average Bonchev–Trinajstić information content (AvgIpc) is 2.83. The van der Waals surface area contributed by atoms with E-state index in [9.17, 15) is 0 Å². The van der Waals surface area contributed by atoms with Gasteiger partial charge in [-0.25, -0.2) is 0 Å². The van der Waals surface area contributed by atoms with Crippen LogP contribution in [0.5, 0.6) is 0 Å². The average molecular weight is 267 g/mol. The Hall–Kier alpha value is -0.940. The minimum atomic E-state index is 0.169.